The van der Waals surface area contributed by atoms with Gasteiger partial charge in [-0.3, -0.25) is 0 Å². The Morgan fingerprint density at radius 1 is 1.52 bits per heavy atom. The van der Waals surface area contributed by atoms with Crippen LogP contribution in [0.4, 0.5) is 0 Å². The first-order valence-electron chi connectivity index (χ1n) is 6.96. The lowest BCUT2D eigenvalue weighted by Gasteiger charge is -2.36. The van der Waals surface area contributed by atoms with Crippen molar-refractivity contribution in [3.05, 3.63) is 16.5 Å². The molecule has 1 aliphatic rings. The summed E-state index contributed by atoms with van der Waals surface area (Å²) >= 11 is 3.22. The van der Waals surface area contributed by atoms with E-state index < -0.39 is 10.0 Å². The van der Waals surface area contributed by atoms with Gasteiger partial charge in [0.25, 0.3) is 0 Å². The molecule has 1 saturated heterocycles. The third-order valence-electron chi connectivity index (χ3n) is 3.53. The van der Waals surface area contributed by atoms with Crippen LogP contribution in [0.25, 0.3) is 0 Å². The first-order chi connectivity index (χ1) is 9.90. The molecule has 0 amide bonds. The van der Waals surface area contributed by atoms with Crippen molar-refractivity contribution in [1.82, 2.24) is 9.62 Å². The quantitative estimate of drug-likeness (QED) is 0.844. The van der Waals surface area contributed by atoms with Crippen molar-refractivity contribution in [2.24, 2.45) is 0 Å². The highest BCUT2D eigenvalue weighted by Gasteiger charge is 2.37. The van der Waals surface area contributed by atoms with E-state index >= 15 is 0 Å². The van der Waals surface area contributed by atoms with Crippen LogP contribution in [0.3, 0.4) is 0 Å². The maximum absolute atomic E-state index is 12.9. The lowest BCUT2D eigenvalue weighted by Crippen LogP contribution is -2.51. The average Bonchev–Trinajstić information content (AvgIpc) is 2.81. The second kappa shape index (κ2) is 6.78. The van der Waals surface area contributed by atoms with E-state index in [4.69, 9.17) is 9.15 Å². The van der Waals surface area contributed by atoms with Gasteiger partial charge in [0.05, 0.1) is 19.3 Å². The molecule has 1 aromatic heterocycles. The van der Waals surface area contributed by atoms with Crippen molar-refractivity contribution in [1.29, 1.82) is 0 Å². The van der Waals surface area contributed by atoms with E-state index in [0.717, 1.165) is 0 Å². The molecule has 0 aliphatic carbocycles. The molecule has 8 heteroatoms. The topological polar surface area (TPSA) is 71.8 Å². The molecule has 21 heavy (non-hydrogen) atoms. The molecular formula is C13H21BrN2O4S. The minimum Gasteiger partial charge on any atom is -0.452 e. The summed E-state index contributed by atoms with van der Waals surface area (Å²) in [6.45, 7) is 5.11. The third-order valence-corrected chi connectivity index (χ3v) is 6.31. The minimum atomic E-state index is -3.60. The van der Waals surface area contributed by atoms with Gasteiger partial charge in [0.1, 0.15) is 10.7 Å². The molecule has 0 bridgehead atoms. The Labute approximate surface area is 134 Å². The molecule has 0 radical (unpaired) electrons. The third kappa shape index (κ3) is 3.50. The molecule has 2 rings (SSSR count). The molecule has 1 fully saturated rings. The lowest BCUT2D eigenvalue weighted by molar-refractivity contribution is -0.0230. The summed E-state index contributed by atoms with van der Waals surface area (Å²) in [7, 11) is -1.82. The predicted molar refractivity (Wildman–Crippen MR) is 82.6 cm³/mol. The number of furan rings is 1. The van der Waals surface area contributed by atoms with E-state index in [2.05, 4.69) is 21.2 Å². The van der Waals surface area contributed by atoms with Crippen LogP contribution in [0.1, 0.15) is 26.0 Å². The zero-order valence-corrected chi connectivity index (χ0v) is 14.8. The monoisotopic (exact) mass is 380 g/mol. The van der Waals surface area contributed by atoms with Gasteiger partial charge in [0.2, 0.25) is 10.0 Å². The van der Waals surface area contributed by atoms with Gasteiger partial charge in [-0.05, 0) is 36.3 Å². The summed E-state index contributed by atoms with van der Waals surface area (Å²) in [5.74, 6) is 0.581. The van der Waals surface area contributed by atoms with Crippen molar-refractivity contribution in [3.8, 4) is 0 Å². The number of sulfonamides is 1. The van der Waals surface area contributed by atoms with Crippen LogP contribution in [0.15, 0.2) is 20.0 Å². The molecular weight excluding hydrogens is 360 g/mol. The molecule has 1 aliphatic heterocycles. The Morgan fingerprint density at radius 2 is 2.24 bits per heavy atom. The molecule has 0 saturated carbocycles. The van der Waals surface area contributed by atoms with Gasteiger partial charge in [-0.2, -0.15) is 4.31 Å². The first-order valence-corrected chi connectivity index (χ1v) is 9.19. The summed E-state index contributed by atoms with van der Waals surface area (Å²) in [5, 5.41) is 2.94. The van der Waals surface area contributed by atoms with Crippen LogP contribution in [-0.2, 0) is 21.3 Å². The van der Waals surface area contributed by atoms with Gasteiger partial charge in [-0.15, -0.1) is 0 Å². The molecule has 6 nitrogen and oxygen atoms in total. The Morgan fingerprint density at radius 3 is 2.86 bits per heavy atom. The fourth-order valence-corrected chi connectivity index (χ4v) is 5.11. The van der Waals surface area contributed by atoms with Crippen molar-refractivity contribution in [2.45, 2.75) is 43.9 Å². The summed E-state index contributed by atoms with van der Waals surface area (Å²) < 4.78 is 38.6. The summed E-state index contributed by atoms with van der Waals surface area (Å²) in [6, 6.07) is 1.43. The number of hydrogen-bond acceptors (Lipinski definition) is 5. The molecule has 2 atom stereocenters. The van der Waals surface area contributed by atoms with Crippen molar-refractivity contribution in [3.63, 3.8) is 0 Å². The van der Waals surface area contributed by atoms with Crippen molar-refractivity contribution >= 4 is 26.0 Å². The first kappa shape index (κ1) is 17.0. The molecule has 0 spiro atoms. The van der Waals surface area contributed by atoms with Gasteiger partial charge in [-0.25, -0.2) is 8.42 Å². The SMILES string of the molecule is CCC1COC(C)CN1S(=O)(=O)c1cc(CNC)oc1Br. The summed E-state index contributed by atoms with van der Waals surface area (Å²) in [4.78, 5) is 0.181. The fraction of sp³-hybridized carbons (Fsp3) is 0.692. The highest BCUT2D eigenvalue weighted by Crippen LogP contribution is 2.31. The predicted octanol–water partition coefficient (Wildman–Crippen LogP) is 1.95. The smallest absolute Gasteiger partial charge is 0.247 e. The number of hydrogen-bond donors (Lipinski definition) is 1. The van der Waals surface area contributed by atoms with Gasteiger partial charge in [0, 0.05) is 18.7 Å². The number of morpholine rings is 1. The fourth-order valence-electron chi connectivity index (χ4n) is 2.39. The average molecular weight is 381 g/mol. The van der Waals surface area contributed by atoms with Crippen LogP contribution >= 0.6 is 15.9 Å². The highest BCUT2D eigenvalue weighted by molar-refractivity contribution is 9.10. The standard InChI is InChI=1S/C13H21BrN2O4S/c1-4-10-8-19-9(2)7-16(10)21(17,18)12-5-11(6-15-3)20-13(12)14/h5,9-10,15H,4,6-8H2,1-3H3. The molecule has 1 aromatic rings. The van der Waals surface area contributed by atoms with E-state index in [1.54, 1.807) is 13.1 Å². The number of nitrogens with one attached hydrogen (secondary N) is 1. The summed E-state index contributed by atoms with van der Waals surface area (Å²) in [6.07, 6.45) is 0.607. The van der Waals surface area contributed by atoms with Crippen LogP contribution < -0.4 is 5.32 Å². The largest absolute Gasteiger partial charge is 0.452 e. The van der Waals surface area contributed by atoms with E-state index in [0.29, 0.717) is 31.9 Å². The Kier molecular flexibility index (Phi) is 5.48. The zero-order valence-electron chi connectivity index (χ0n) is 12.4. The van der Waals surface area contributed by atoms with E-state index in [-0.39, 0.29) is 21.7 Å². The van der Waals surface area contributed by atoms with E-state index in [1.807, 2.05) is 13.8 Å². The lowest BCUT2D eigenvalue weighted by atomic mass is 10.2. The number of halogens is 1. The van der Waals surface area contributed by atoms with Gasteiger partial charge in [0.15, 0.2) is 4.67 Å². The summed E-state index contributed by atoms with van der Waals surface area (Å²) in [5.41, 5.74) is 0. The van der Waals surface area contributed by atoms with Gasteiger partial charge >= 0.3 is 0 Å². The number of nitrogens with zero attached hydrogens (tertiary/aromatic N) is 1. The van der Waals surface area contributed by atoms with Crippen LogP contribution in [0.5, 0.6) is 0 Å². The van der Waals surface area contributed by atoms with E-state index in [1.165, 1.54) is 4.31 Å². The molecule has 0 aromatic carbocycles. The normalized spacial score (nSPS) is 24.4. The second-order valence-electron chi connectivity index (χ2n) is 5.16. The minimum absolute atomic E-state index is 0.106. The number of rotatable bonds is 5. The molecule has 1 N–H and O–H groups in total. The van der Waals surface area contributed by atoms with Crippen molar-refractivity contribution in [2.75, 3.05) is 20.2 Å². The maximum Gasteiger partial charge on any atom is 0.247 e. The van der Waals surface area contributed by atoms with Crippen LogP contribution in [0.2, 0.25) is 0 Å². The van der Waals surface area contributed by atoms with Crippen LogP contribution in [-0.4, -0.2) is 45.1 Å². The maximum atomic E-state index is 12.9. The van der Waals surface area contributed by atoms with E-state index in [9.17, 15) is 8.42 Å². The number of ether oxygens (including phenoxy) is 1. The molecule has 120 valence electrons. The Hall–Kier alpha value is -0.410. The Balaban J connectivity index is 2.35. The zero-order chi connectivity index (χ0) is 15.6. The van der Waals surface area contributed by atoms with Crippen molar-refractivity contribution < 1.29 is 17.6 Å². The molecule has 2 unspecified atom stereocenters. The van der Waals surface area contributed by atoms with Gasteiger partial charge in [-0.1, -0.05) is 6.92 Å². The molecule has 2 heterocycles. The van der Waals surface area contributed by atoms with Gasteiger partial charge < -0.3 is 14.5 Å². The second-order valence-corrected chi connectivity index (χ2v) is 7.74. The highest BCUT2D eigenvalue weighted by atomic mass is 79.9. The Bertz CT molecular complexity index is 587. The van der Waals surface area contributed by atoms with Crippen LogP contribution in [0, 0.1) is 0 Å².